The zero-order valence-corrected chi connectivity index (χ0v) is 23.2. The van der Waals surface area contributed by atoms with Gasteiger partial charge < -0.3 is 4.57 Å². The Kier molecular flexibility index (Phi) is 5.67. The number of benzene rings is 5. The second kappa shape index (κ2) is 9.82. The van der Waals surface area contributed by atoms with E-state index in [1.54, 1.807) is 0 Å². The van der Waals surface area contributed by atoms with E-state index in [0.29, 0.717) is 0 Å². The largest absolute Gasteiger partial charge is 0.341 e. The molecule has 5 aromatic carbocycles. The predicted molar refractivity (Wildman–Crippen MR) is 172 cm³/mol. The lowest BCUT2D eigenvalue weighted by molar-refractivity contribution is -0.572. The maximum atomic E-state index is 5.15. The summed E-state index contributed by atoms with van der Waals surface area (Å²) in [5, 5.41) is 2.55. The van der Waals surface area contributed by atoms with Crippen molar-refractivity contribution in [3.63, 3.8) is 0 Å². The summed E-state index contributed by atoms with van der Waals surface area (Å²) in [6.45, 7) is 3.14. The van der Waals surface area contributed by atoms with E-state index in [1.807, 2.05) is 36.4 Å². The monoisotopic (exact) mass is 542 g/mol. The van der Waals surface area contributed by atoms with Gasteiger partial charge in [-0.1, -0.05) is 77.8 Å². The van der Waals surface area contributed by atoms with E-state index in [4.69, 9.17) is 9.97 Å². The molecule has 200 valence electrons. The molecule has 0 atom stereocenters. The standard InChI is InChI=1S/C37H28N5/c1-2-40-33-20-12-9-17-29(33)30-25-26(21-23-34(30)40)22-24-35-41(27-13-5-3-6-14-27)36-37(42(35)28-15-7-4-8-16-28)39-32-19-11-10-18-31(32)38-36/h3-25H,2H2,1H3/q+1. The molecule has 0 amide bonds. The number of aryl methyl sites for hydroxylation is 1. The first-order chi connectivity index (χ1) is 20.8. The fraction of sp³-hybridized carbons (Fsp3) is 0.0541. The summed E-state index contributed by atoms with van der Waals surface area (Å²) in [6, 6.07) is 44.3. The number of imidazole rings is 1. The molecular formula is C37H28N5+. The Morgan fingerprint density at radius 2 is 1.31 bits per heavy atom. The third-order valence-electron chi connectivity index (χ3n) is 7.98. The number of fused-ring (bicyclic) bond motifs is 5. The second-order valence-electron chi connectivity index (χ2n) is 10.4. The maximum absolute atomic E-state index is 5.15. The lowest BCUT2D eigenvalue weighted by Crippen LogP contribution is -2.34. The molecule has 0 saturated carbocycles. The van der Waals surface area contributed by atoms with Gasteiger partial charge in [-0.25, -0.2) is 9.55 Å². The molecule has 0 N–H and O–H groups in total. The average molecular weight is 543 g/mol. The molecule has 0 aliphatic carbocycles. The molecule has 8 aromatic rings. The van der Waals surface area contributed by atoms with E-state index in [1.165, 1.54) is 21.8 Å². The van der Waals surface area contributed by atoms with Crippen molar-refractivity contribution in [1.29, 1.82) is 0 Å². The van der Waals surface area contributed by atoms with Crippen LogP contribution in [0.15, 0.2) is 127 Å². The van der Waals surface area contributed by atoms with Gasteiger partial charge in [0.1, 0.15) is 16.9 Å². The van der Waals surface area contributed by atoms with Crippen LogP contribution in [0.25, 0.3) is 67.7 Å². The van der Waals surface area contributed by atoms with Crippen LogP contribution in [0.3, 0.4) is 0 Å². The van der Waals surface area contributed by atoms with Gasteiger partial charge in [0.2, 0.25) is 5.82 Å². The molecule has 5 nitrogen and oxygen atoms in total. The molecule has 0 aliphatic heterocycles. The van der Waals surface area contributed by atoms with Gasteiger partial charge in [0.25, 0.3) is 5.65 Å². The van der Waals surface area contributed by atoms with Crippen LogP contribution in [0.4, 0.5) is 0 Å². The highest BCUT2D eigenvalue weighted by Crippen LogP contribution is 2.30. The van der Waals surface area contributed by atoms with Crippen LogP contribution >= 0.6 is 0 Å². The van der Waals surface area contributed by atoms with Gasteiger partial charge in [0.05, 0.1) is 0 Å². The molecule has 5 heteroatoms. The van der Waals surface area contributed by atoms with Crippen molar-refractivity contribution in [2.45, 2.75) is 13.5 Å². The van der Waals surface area contributed by atoms with Crippen LogP contribution in [-0.4, -0.2) is 19.1 Å². The van der Waals surface area contributed by atoms with Crippen LogP contribution < -0.4 is 4.57 Å². The Balaban J connectivity index is 1.41. The minimum atomic E-state index is 0.810. The molecule has 3 heterocycles. The first-order valence-electron chi connectivity index (χ1n) is 14.3. The van der Waals surface area contributed by atoms with Gasteiger partial charge in [0.15, 0.2) is 5.52 Å². The molecule has 0 aliphatic rings. The Morgan fingerprint density at radius 3 is 2.10 bits per heavy atom. The van der Waals surface area contributed by atoms with Crippen molar-refractivity contribution < 1.29 is 4.57 Å². The number of nitrogens with zero attached hydrogens (tertiary/aromatic N) is 5. The third-order valence-corrected chi connectivity index (χ3v) is 7.98. The molecule has 0 unspecified atom stereocenters. The zero-order valence-electron chi connectivity index (χ0n) is 23.2. The van der Waals surface area contributed by atoms with Crippen LogP contribution in [0.5, 0.6) is 0 Å². The van der Waals surface area contributed by atoms with Crippen molar-refractivity contribution in [1.82, 2.24) is 19.1 Å². The average Bonchev–Trinajstić information content (AvgIpc) is 3.54. The van der Waals surface area contributed by atoms with Crippen LogP contribution in [0.2, 0.25) is 0 Å². The Morgan fingerprint density at radius 1 is 0.643 bits per heavy atom. The Bertz CT molecular complexity index is 2180. The summed E-state index contributed by atoms with van der Waals surface area (Å²) in [5.74, 6) is 0.966. The molecule has 0 fully saturated rings. The van der Waals surface area contributed by atoms with Gasteiger partial charge in [-0.2, -0.15) is 4.57 Å². The lowest BCUT2D eigenvalue weighted by Gasteiger charge is -2.05. The first-order valence-corrected chi connectivity index (χ1v) is 14.3. The van der Waals surface area contributed by atoms with Gasteiger partial charge in [-0.15, -0.1) is 0 Å². The van der Waals surface area contributed by atoms with E-state index >= 15 is 0 Å². The van der Waals surface area contributed by atoms with Crippen molar-refractivity contribution in [2.75, 3.05) is 0 Å². The third kappa shape index (κ3) is 3.82. The normalized spacial score (nSPS) is 11.9. The highest BCUT2D eigenvalue weighted by Gasteiger charge is 2.28. The van der Waals surface area contributed by atoms with Gasteiger partial charge >= 0.3 is 5.65 Å². The van der Waals surface area contributed by atoms with E-state index < -0.39 is 0 Å². The van der Waals surface area contributed by atoms with Crippen molar-refractivity contribution >= 4 is 56.3 Å². The minimum Gasteiger partial charge on any atom is -0.341 e. The van der Waals surface area contributed by atoms with Gasteiger partial charge in [0, 0.05) is 34.4 Å². The van der Waals surface area contributed by atoms with E-state index in [9.17, 15) is 0 Å². The predicted octanol–water partition coefficient (Wildman–Crippen LogP) is 8.15. The SMILES string of the molecule is CCn1c2ccccc2c2cc(C=Cc3n(-c4ccccc4)c4nc5ccccc5nc4[n+]3-c3ccccc3)ccc21. The Hall–Kier alpha value is -5.55. The summed E-state index contributed by atoms with van der Waals surface area (Å²) in [5.41, 5.74) is 9.08. The van der Waals surface area contributed by atoms with E-state index in [2.05, 4.69) is 124 Å². The molecule has 3 aromatic heterocycles. The smallest absolute Gasteiger partial charge is 0.328 e. The highest BCUT2D eigenvalue weighted by molar-refractivity contribution is 6.08. The topological polar surface area (TPSA) is 39.5 Å². The van der Waals surface area contributed by atoms with Crippen molar-refractivity contribution in [3.05, 3.63) is 139 Å². The number of aromatic nitrogens is 5. The summed E-state index contributed by atoms with van der Waals surface area (Å²) in [6.07, 6.45) is 4.39. The van der Waals surface area contributed by atoms with Gasteiger partial charge in [-0.05, 0) is 73.2 Å². The fourth-order valence-corrected chi connectivity index (χ4v) is 6.10. The summed E-state index contributed by atoms with van der Waals surface area (Å²) in [4.78, 5) is 10.3. The zero-order chi connectivity index (χ0) is 28.0. The number of hydrogen-bond acceptors (Lipinski definition) is 2. The molecule has 0 bridgehead atoms. The number of para-hydroxylation sites is 5. The second-order valence-corrected chi connectivity index (χ2v) is 10.4. The van der Waals surface area contributed by atoms with Crippen LogP contribution in [0.1, 0.15) is 18.3 Å². The minimum absolute atomic E-state index is 0.810. The fourth-order valence-electron chi connectivity index (χ4n) is 6.10. The molecule has 0 spiro atoms. The highest BCUT2D eigenvalue weighted by atomic mass is 15.2. The van der Waals surface area contributed by atoms with Gasteiger partial charge in [-0.3, -0.25) is 0 Å². The summed E-state index contributed by atoms with van der Waals surface area (Å²) in [7, 11) is 0. The maximum Gasteiger partial charge on any atom is 0.328 e. The van der Waals surface area contributed by atoms with Crippen molar-refractivity contribution in [3.8, 4) is 11.4 Å². The molecule has 0 radical (unpaired) electrons. The van der Waals surface area contributed by atoms with Crippen LogP contribution in [-0.2, 0) is 6.54 Å². The van der Waals surface area contributed by atoms with Crippen LogP contribution in [0, 0.1) is 0 Å². The summed E-state index contributed by atoms with van der Waals surface area (Å²) >= 11 is 0. The quantitative estimate of drug-likeness (QED) is 0.206. The number of hydrogen-bond donors (Lipinski definition) is 0. The van der Waals surface area contributed by atoms with E-state index in [-0.39, 0.29) is 0 Å². The molecule has 8 rings (SSSR count). The first kappa shape index (κ1) is 24.3. The Labute approximate surface area is 243 Å². The van der Waals surface area contributed by atoms with E-state index in [0.717, 1.165) is 51.6 Å². The number of rotatable bonds is 5. The summed E-state index contributed by atoms with van der Waals surface area (Å²) < 4.78 is 6.80. The molecule has 0 saturated heterocycles. The molecular weight excluding hydrogens is 514 g/mol. The van der Waals surface area contributed by atoms with Crippen molar-refractivity contribution in [2.24, 2.45) is 0 Å². The molecule has 42 heavy (non-hydrogen) atoms. The lowest BCUT2D eigenvalue weighted by atomic mass is 10.1.